The Bertz CT molecular complexity index is 1250. The number of fused-ring (bicyclic) bond motifs is 2. The zero-order valence-electron chi connectivity index (χ0n) is 18.7. The number of carbonyl (C=O) groups excluding carboxylic acids is 2. The van der Waals surface area contributed by atoms with Crippen molar-refractivity contribution in [2.24, 2.45) is 5.73 Å². The zero-order valence-corrected chi connectivity index (χ0v) is 20.3. The predicted molar refractivity (Wildman–Crippen MR) is 134 cm³/mol. The van der Waals surface area contributed by atoms with Crippen molar-refractivity contribution in [2.45, 2.75) is 63.6 Å². The molecule has 1 aromatic carbocycles. The van der Waals surface area contributed by atoms with Gasteiger partial charge in [0.1, 0.15) is 5.00 Å². The molecule has 2 heterocycles. The van der Waals surface area contributed by atoms with Crippen LogP contribution in [0.4, 0.5) is 5.00 Å². The molecule has 0 fully saturated rings. The number of carbonyl (C=O) groups is 2. The van der Waals surface area contributed by atoms with Gasteiger partial charge in [-0.3, -0.25) is 19.0 Å². The van der Waals surface area contributed by atoms with Crippen LogP contribution in [0.5, 0.6) is 0 Å². The molecule has 9 heteroatoms. The monoisotopic (exact) mass is 484 g/mol. The largest absolute Gasteiger partial charge is 0.365 e. The number of thiophene rings is 1. The molecule has 2 amide bonds. The van der Waals surface area contributed by atoms with Crippen LogP contribution in [-0.4, -0.2) is 27.1 Å². The molecule has 0 bridgehead atoms. The van der Waals surface area contributed by atoms with Crippen LogP contribution < -0.4 is 16.6 Å². The summed E-state index contributed by atoms with van der Waals surface area (Å²) < 4.78 is 1.68. The fourth-order valence-electron chi connectivity index (χ4n) is 4.20. The Morgan fingerprint density at radius 3 is 2.82 bits per heavy atom. The third-order valence-electron chi connectivity index (χ3n) is 5.81. The van der Waals surface area contributed by atoms with Crippen LogP contribution in [0.3, 0.4) is 0 Å². The number of anilines is 1. The van der Waals surface area contributed by atoms with E-state index in [1.165, 1.54) is 23.1 Å². The maximum Gasteiger partial charge on any atom is 0.262 e. The van der Waals surface area contributed by atoms with Crippen molar-refractivity contribution in [1.29, 1.82) is 0 Å². The summed E-state index contributed by atoms with van der Waals surface area (Å²) in [7, 11) is 0. The average molecular weight is 485 g/mol. The highest BCUT2D eigenvalue weighted by Gasteiger charge is 2.26. The van der Waals surface area contributed by atoms with Gasteiger partial charge in [0.25, 0.3) is 11.5 Å². The molecule has 7 nitrogen and oxygen atoms in total. The van der Waals surface area contributed by atoms with Crippen LogP contribution >= 0.6 is 23.1 Å². The number of unbranched alkanes of at least 4 members (excludes halogenated alkanes) is 3. The van der Waals surface area contributed by atoms with E-state index in [9.17, 15) is 14.4 Å². The zero-order chi connectivity index (χ0) is 23.4. The lowest BCUT2D eigenvalue weighted by atomic mass is 10.1. The molecule has 4 rings (SSSR count). The second-order valence-electron chi connectivity index (χ2n) is 8.19. The molecule has 3 aromatic rings. The van der Waals surface area contributed by atoms with Crippen LogP contribution in [0.1, 0.15) is 59.8 Å². The third kappa shape index (κ3) is 5.14. The maximum absolute atomic E-state index is 13.1. The van der Waals surface area contributed by atoms with Gasteiger partial charge in [0.05, 0.1) is 22.2 Å². The van der Waals surface area contributed by atoms with Crippen LogP contribution in [0, 0.1) is 0 Å². The number of nitrogens with two attached hydrogens (primary N) is 1. The van der Waals surface area contributed by atoms with Gasteiger partial charge in [0.2, 0.25) is 5.91 Å². The molecule has 2 aromatic heterocycles. The van der Waals surface area contributed by atoms with Gasteiger partial charge in [-0.15, -0.1) is 11.3 Å². The lowest BCUT2D eigenvalue weighted by Gasteiger charge is -2.13. The predicted octanol–water partition coefficient (Wildman–Crippen LogP) is 4.36. The summed E-state index contributed by atoms with van der Waals surface area (Å²) in [6.07, 6.45) is 6.90. The van der Waals surface area contributed by atoms with Gasteiger partial charge in [-0.2, -0.15) is 0 Å². The SMILES string of the molecule is CCCCCCn1c(SCC(=O)Nc2sc3c(c2C(N)=O)CCC3)nc2ccccc2c1=O. The number of hydrogen-bond donors (Lipinski definition) is 2. The summed E-state index contributed by atoms with van der Waals surface area (Å²) in [6, 6.07) is 7.29. The first-order valence-corrected chi connectivity index (χ1v) is 13.2. The molecular weight excluding hydrogens is 456 g/mol. The van der Waals surface area contributed by atoms with Crippen molar-refractivity contribution < 1.29 is 9.59 Å². The third-order valence-corrected chi connectivity index (χ3v) is 8.00. The lowest BCUT2D eigenvalue weighted by Crippen LogP contribution is -2.24. The molecule has 33 heavy (non-hydrogen) atoms. The number of aryl methyl sites for hydroxylation is 1. The van der Waals surface area contributed by atoms with Gasteiger partial charge in [0, 0.05) is 11.4 Å². The molecule has 0 aliphatic heterocycles. The Hall–Kier alpha value is -2.65. The van der Waals surface area contributed by atoms with Gasteiger partial charge >= 0.3 is 0 Å². The van der Waals surface area contributed by atoms with Gasteiger partial charge in [0.15, 0.2) is 5.16 Å². The van der Waals surface area contributed by atoms with Gasteiger partial charge in [-0.05, 0) is 43.4 Å². The number of nitrogens with one attached hydrogen (secondary N) is 1. The van der Waals surface area contributed by atoms with Crippen molar-refractivity contribution in [3.8, 4) is 0 Å². The van der Waals surface area contributed by atoms with Crippen LogP contribution in [0.15, 0.2) is 34.2 Å². The van der Waals surface area contributed by atoms with Crippen molar-refractivity contribution in [2.75, 3.05) is 11.1 Å². The summed E-state index contributed by atoms with van der Waals surface area (Å²) in [5.41, 5.74) is 7.57. The fourth-order valence-corrected chi connectivity index (χ4v) is 6.33. The second-order valence-corrected chi connectivity index (χ2v) is 10.2. The Balaban J connectivity index is 1.52. The minimum absolute atomic E-state index is 0.0781. The van der Waals surface area contributed by atoms with Crippen molar-refractivity contribution in [3.63, 3.8) is 0 Å². The summed E-state index contributed by atoms with van der Waals surface area (Å²) in [6.45, 7) is 2.72. The fraction of sp³-hybridized carbons (Fsp3) is 0.417. The molecule has 0 atom stereocenters. The Morgan fingerprint density at radius 2 is 2.03 bits per heavy atom. The van der Waals surface area contributed by atoms with Gasteiger partial charge < -0.3 is 11.1 Å². The maximum atomic E-state index is 13.1. The van der Waals surface area contributed by atoms with E-state index in [1.807, 2.05) is 18.2 Å². The van der Waals surface area contributed by atoms with Crippen molar-refractivity contribution in [3.05, 3.63) is 50.6 Å². The van der Waals surface area contributed by atoms with E-state index >= 15 is 0 Å². The summed E-state index contributed by atoms with van der Waals surface area (Å²) in [4.78, 5) is 43.6. The molecule has 0 radical (unpaired) electrons. The van der Waals surface area contributed by atoms with Crippen LogP contribution in [0.2, 0.25) is 0 Å². The number of benzene rings is 1. The van der Waals surface area contributed by atoms with E-state index in [0.717, 1.165) is 55.4 Å². The van der Waals surface area contributed by atoms with Crippen LogP contribution in [-0.2, 0) is 24.2 Å². The number of primary amides is 1. The van der Waals surface area contributed by atoms with E-state index in [0.29, 0.717) is 33.2 Å². The van der Waals surface area contributed by atoms with E-state index in [2.05, 4.69) is 17.2 Å². The molecule has 0 saturated heterocycles. The minimum atomic E-state index is -0.505. The molecule has 174 valence electrons. The highest BCUT2D eigenvalue weighted by molar-refractivity contribution is 7.99. The number of para-hydroxylation sites is 1. The number of nitrogens with zero attached hydrogens (tertiary/aromatic N) is 2. The van der Waals surface area contributed by atoms with Crippen molar-refractivity contribution >= 4 is 50.8 Å². The molecular formula is C24H28N4O3S2. The minimum Gasteiger partial charge on any atom is -0.365 e. The normalized spacial score (nSPS) is 12.8. The number of aromatic nitrogens is 2. The highest BCUT2D eigenvalue weighted by atomic mass is 32.2. The van der Waals surface area contributed by atoms with E-state index in [1.54, 1.807) is 10.6 Å². The lowest BCUT2D eigenvalue weighted by molar-refractivity contribution is -0.113. The van der Waals surface area contributed by atoms with E-state index in [4.69, 9.17) is 5.73 Å². The molecule has 0 saturated carbocycles. The summed E-state index contributed by atoms with van der Waals surface area (Å²) in [5, 5.41) is 4.51. The number of rotatable bonds is 10. The Labute approximate surface area is 200 Å². The summed E-state index contributed by atoms with van der Waals surface area (Å²) in [5.74, 6) is -0.669. The second kappa shape index (κ2) is 10.5. The first-order chi connectivity index (χ1) is 16.0. The first kappa shape index (κ1) is 23.5. The molecule has 1 aliphatic rings. The quantitative estimate of drug-likeness (QED) is 0.253. The van der Waals surface area contributed by atoms with Gasteiger partial charge in [-0.25, -0.2) is 4.98 Å². The molecule has 0 unspecified atom stereocenters. The number of amides is 2. The standard InChI is InChI=1S/C24H28N4O3S2/c1-2-3-4-7-13-28-23(31)15-9-5-6-11-17(15)26-24(28)32-14-19(29)27-22-20(21(25)30)16-10-8-12-18(16)33-22/h5-6,9,11H,2-4,7-8,10,12-14H2,1H3,(H2,25,30)(H,27,29). The van der Waals surface area contributed by atoms with E-state index in [-0.39, 0.29) is 17.2 Å². The first-order valence-electron chi connectivity index (χ1n) is 11.4. The van der Waals surface area contributed by atoms with Gasteiger partial charge in [-0.1, -0.05) is 50.1 Å². The Morgan fingerprint density at radius 1 is 1.21 bits per heavy atom. The highest BCUT2D eigenvalue weighted by Crippen LogP contribution is 2.38. The van der Waals surface area contributed by atoms with Crippen LogP contribution in [0.25, 0.3) is 10.9 Å². The van der Waals surface area contributed by atoms with E-state index < -0.39 is 5.91 Å². The summed E-state index contributed by atoms with van der Waals surface area (Å²) >= 11 is 2.68. The smallest absolute Gasteiger partial charge is 0.262 e. The molecule has 0 spiro atoms. The molecule has 1 aliphatic carbocycles. The average Bonchev–Trinajstić information content (AvgIpc) is 3.37. The van der Waals surface area contributed by atoms with Crippen molar-refractivity contribution in [1.82, 2.24) is 9.55 Å². The molecule has 3 N–H and O–H groups in total. The number of hydrogen-bond acceptors (Lipinski definition) is 6. The topological polar surface area (TPSA) is 107 Å². The Kier molecular flexibility index (Phi) is 7.49. The number of thioether (sulfide) groups is 1.